The van der Waals surface area contributed by atoms with Gasteiger partial charge in [0, 0.05) is 31.2 Å². The lowest BCUT2D eigenvalue weighted by Crippen LogP contribution is -2.33. The monoisotopic (exact) mass is 233 g/mol. The molecule has 0 aromatic rings. The van der Waals surface area contributed by atoms with Crippen LogP contribution >= 0.6 is 11.8 Å². The average Bonchev–Trinajstić information content (AvgIpc) is 2.33. The Balaban J connectivity index is 0.000000921. The van der Waals surface area contributed by atoms with Crippen molar-refractivity contribution in [2.24, 2.45) is 0 Å². The molecular formula is C12H27NOS. The lowest BCUT2D eigenvalue weighted by atomic mass is 10.2. The maximum absolute atomic E-state index is 8.60. The number of nitrogens with zero attached hydrogens (tertiary/aromatic N) is 1. The van der Waals surface area contributed by atoms with Crippen LogP contribution in [0.1, 0.15) is 39.5 Å². The number of hydrogen-bond donors (Lipinski definition) is 1. The van der Waals surface area contributed by atoms with Gasteiger partial charge in [0.25, 0.3) is 0 Å². The summed E-state index contributed by atoms with van der Waals surface area (Å²) in [6.07, 6.45) is 4.77. The zero-order valence-corrected chi connectivity index (χ0v) is 11.2. The normalized spacial score (nSPS) is 17.0. The summed E-state index contributed by atoms with van der Waals surface area (Å²) < 4.78 is 0. The van der Waals surface area contributed by atoms with Gasteiger partial charge in [0.1, 0.15) is 0 Å². The average molecular weight is 233 g/mol. The molecule has 0 radical (unpaired) electrons. The van der Waals surface area contributed by atoms with E-state index >= 15 is 0 Å². The van der Waals surface area contributed by atoms with Crippen molar-refractivity contribution in [3.63, 3.8) is 0 Å². The molecule has 0 bridgehead atoms. The highest BCUT2D eigenvalue weighted by molar-refractivity contribution is 7.99. The van der Waals surface area contributed by atoms with E-state index in [2.05, 4.69) is 16.7 Å². The van der Waals surface area contributed by atoms with Crippen LogP contribution in [-0.4, -0.2) is 47.8 Å². The van der Waals surface area contributed by atoms with Crippen LogP contribution in [0.3, 0.4) is 0 Å². The third kappa shape index (κ3) is 9.21. The van der Waals surface area contributed by atoms with E-state index in [9.17, 15) is 0 Å². The number of thioether (sulfide) groups is 1. The topological polar surface area (TPSA) is 23.5 Å². The van der Waals surface area contributed by atoms with Crippen LogP contribution in [0, 0.1) is 0 Å². The van der Waals surface area contributed by atoms with E-state index < -0.39 is 0 Å². The molecule has 1 aliphatic heterocycles. The Labute approximate surface area is 99.4 Å². The summed E-state index contributed by atoms with van der Waals surface area (Å²) >= 11 is 2.07. The van der Waals surface area contributed by atoms with Crippen molar-refractivity contribution in [1.82, 2.24) is 4.90 Å². The van der Waals surface area contributed by atoms with E-state index in [1.54, 1.807) is 0 Å². The van der Waals surface area contributed by atoms with E-state index in [0.717, 1.165) is 6.42 Å². The van der Waals surface area contributed by atoms with Gasteiger partial charge >= 0.3 is 0 Å². The predicted octanol–water partition coefficient (Wildman–Crippen LogP) is 2.61. The molecule has 2 nitrogen and oxygen atoms in total. The summed E-state index contributed by atoms with van der Waals surface area (Å²) in [5, 5.41) is 8.60. The minimum Gasteiger partial charge on any atom is -0.396 e. The summed E-state index contributed by atoms with van der Waals surface area (Å²) in [6, 6.07) is 0. The molecule has 0 atom stereocenters. The van der Waals surface area contributed by atoms with Crippen molar-refractivity contribution in [3.8, 4) is 0 Å². The minimum absolute atomic E-state index is 0.361. The van der Waals surface area contributed by atoms with E-state index in [-0.39, 0.29) is 0 Å². The maximum Gasteiger partial charge on any atom is 0.0431 e. The molecule has 0 spiro atoms. The summed E-state index contributed by atoms with van der Waals surface area (Å²) in [7, 11) is 0. The van der Waals surface area contributed by atoms with Crippen LogP contribution in [0.4, 0.5) is 0 Å². The third-order valence-corrected chi connectivity index (χ3v) is 3.43. The van der Waals surface area contributed by atoms with Crippen LogP contribution in [-0.2, 0) is 0 Å². The first-order chi connectivity index (χ1) is 7.43. The molecule has 0 aliphatic carbocycles. The first kappa shape index (κ1) is 15.3. The summed E-state index contributed by atoms with van der Waals surface area (Å²) in [6.45, 7) is 8.20. The highest BCUT2D eigenvalue weighted by atomic mass is 32.2. The van der Waals surface area contributed by atoms with Gasteiger partial charge in [-0.05, 0) is 19.4 Å². The largest absolute Gasteiger partial charge is 0.396 e. The fourth-order valence-corrected chi connectivity index (χ4v) is 2.60. The Morgan fingerprint density at radius 1 is 1.00 bits per heavy atom. The van der Waals surface area contributed by atoms with E-state index in [4.69, 9.17) is 5.11 Å². The zero-order valence-electron chi connectivity index (χ0n) is 10.4. The standard InChI is InChI=1S/C10H21NOS.C2H6/c12-8-4-2-1-3-5-11-6-9-13-10-7-11;1-2/h12H,1-10H2;1-2H3. The summed E-state index contributed by atoms with van der Waals surface area (Å²) in [5.74, 6) is 2.63. The summed E-state index contributed by atoms with van der Waals surface area (Å²) in [5.41, 5.74) is 0. The van der Waals surface area contributed by atoms with Crippen molar-refractivity contribution in [2.75, 3.05) is 37.7 Å². The quantitative estimate of drug-likeness (QED) is 0.713. The number of aliphatic hydroxyl groups is 1. The molecule has 1 heterocycles. The van der Waals surface area contributed by atoms with Crippen LogP contribution in [0.25, 0.3) is 0 Å². The Morgan fingerprint density at radius 2 is 1.60 bits per heavy atom. The first-order valence-electron chi connectivity index (χ1n) is 6.34. The van der Waals surface area contributed by atoms with Crippen molar-refractivity contribution < 1.29 is 5.11 Å². The molecule has 0 aromatic heterocycles. The highest BCUT2D eigenvalue weighted by Gasteiger charge is 2.08. The predicted molar refractivity (Wildman–Crippen MR) is 70.7 cm³/mol. The smallest absolute Gasteiger partial charge is 0.0431 e. The molecule has 0 amide bonds. The van der Waals surface area contributed by atoms with Crippen molar-refractivity contribution >= 4 is 11.8 Å². The van der Waals surface area contributed by atoms with Crippen molar-refractivity contribution in [1.29, 1.82) is 0 Å². The molecule has 1 N–H and O–H groups in total. The van der Waals surface area contributed by atoms with E-state index in [1.165, 1.54) is 50.4 Å². The molecule has 1 rings (SSSR count). The van der Waals surface area contributed by atoms with Crippen LogP contribution < -0.4 is 0 Å². The van der Waals surface area contributed by atoms with E-state index in [0.29, 0.717) is 6.61 Å². The van der Waals surface area contributed by atoms with Crippen molar-refractivity contribution in [3.05, 3.63) is 0 Å². The number of unbranched alkanes of at least 4 members (excludes halogenated alkanes) is 3. The first-order valence-corrected chi connectivity index (χ1v) is 7.50. The van der Waals surface area contributed by atoms with E-state index in [1.807, 2.05) is 13.8 Å². The van der Waals surface area contributed by atoms with Gasteiger partial charge in [-0.25, -0.2) is 0 Å². The van der Waals surface area contributed by atoms with Gasteiger partial charge in [-0.2, -0.15) is 11.8 Å². The Bertz CT molecular complexity index is 116. The van der Waals surface area contributed by atoms with Crippen LogP contribution in [0.5, 0.6) is 0 Å². The lowest BCUT2D eigenvalue weighted by molar-refractivity contribution is 0.272. The fourth-order valence-electron chi connectivity index (χ4n) is 1.63. The SMILES string of the molecule is CC.OCCCCCCN1CCSCC1. The molecule has 1 fully saturated rings. The van der Waals surface area contributed by atoms with Gasteiger partial charge in [-0.15, -0.1) is 0 Å². The van der Waals surface area contributed by atoms with Crippen molar-refractivity contribution in [2.45, 2.75) is 39.5 Å². The maximum atomic E-state index is 8.60. The van der Waals surface area contributed by atoms with Crippen LogP contribution in [0.15, 0.2) is 0 Å². The highest BCUT2D eigenvalue weighted by Crippen LogP contribution is 2.10. The van der Waals surface area contributed by atoms with Gasteiger partial charge in [-0.3, -0.25) is 0 Å². The van der Waals surface area contributed by atoms with Gasteiger partial charge in [-0.1, -0.05) is 26.7 Å². The Morgan fingerprint density at radius 3 is 2.20 bits per heavy atom. The number of rotatable bonds is 6. The molecule has 15 heavy (non-hydrogen) atoms. The second-order valence-corrected chi connectivity index (χ2v) is 4.82. The lowest BCUT2D eigenvalue weighted by Gasteiger charge is -2.25. The molecule has 92 valence electrons. The van der Waals surface area contributed by atoms with Gasteiger partial charge in [0.05, 0.1) is 0 Å². The molecule has 1 saturated heterocycles. The van der Waals surface area contributed by atoms with Gasteiger partial charge < -0.3 is 10.0 Å². The molecular weight excluding hydrogens is 206 g/mol. The fraction of sp³-hybridized carbons (Fsp3) is 1.00. The number of hydrogen-bond acceptors (Lipinski definition) is 3. The molecule has 0 aromatic carbocycles. The molecule has 0 saturated carbocycles. The van der Waals surface area contributed by atoms with Crippen LogP contribution in [0.2, 0.25) is 0 Å². The van der Waals surface area contributed by atoms with Gasteiger partial charge in [0.2, 0.25) is 0 Å². The molecule has 3 heteroatoms. The summed E-state index contributed by atoms with van der Waals surface area (Å²) in [4.78, 5) is 2.56. The third-order valence-electron chi connectivity index (χ3n) is 2.49. The second-order valence-electron chi connectivity index (χ2n) is 3.59. The molecule has 1 aliphatic rings. The minimum atomic E-state index is 0.361. The second kappa shape index (κ2) is 12.3. The Hall–Kier alpha value is 0.270. The molecule has 0 unspecified atom stereocenters. The zero-order chi connectivity index (χ0) is 11.4. The van der Waals surface area contributed by atoms with Gasteiger partial charge in [0.15, 0.2) is 0 Å². The number of aliphatic hydroxyl groups excluding tert-OH is 1. The Kier molecular flexibility index (Phi) is 12.6.